The Morgan fingerprint density at radius 2 is 1.67 bits per heavy atom. The molecule has 3 aliphatic rings. The zero-order valence-corrected chi connectivity index (χ0v) is 34.0. The van der Waals surface area contributed by atoms with E-state index in [1.165, 1.54) is 42.6 Å². The third kappa shape index (κ3) is 9.91. The number of hydrogen-bond donors (Lipinski definition) is 2. The lowest BCUT2D eigenvalue weighted by Gasteiger charge is -2.36. The number of fused-ring (bicyclic) bond motifs is 1. The van der Waals surface area contributed by atoms with Gasteiger partial charge in [-0.1, -0.05) is 55.8 Å². The molecule has 7 rings (SSSR count). The largest absolute Gasteiger partial charge is 0.493 e. The van der Waals surface area contributed by atoms with E-state index in [2.05, 4.69) is 84.8 Å². The van der Waals surface area contributed by atoms with Crippen molar-refractivity contribution >= 4 is 17.5 Å². The number of benzene rings is 4. The van der Waals surface area contributed by atoms with Gasteiger partial charge < -0.3 is 29.7 Å². The van der Waals surface area contributed by atoms with Crippen LogP contribution in [0.1, 0.15) is 97.4 Å². The van der Waals surface area contributed by atoms with Crippen molar-refractivity contribution in [2.24, 2.45) is 5.41 Å². The first-order valence-corrected chi connectivity index (χ1v) is 20.6. The summed E-state index contributed by atoms with van der Waals surface area (Å²) in [6.45, 7) is 12.2. The summed E-state index contributed by atoms with van der Waals surface area (Å²) in [6.07, 6.45) is 6.20. The van der Waals surface area contributed by atoms with E-state index in [9.17, 15) is 15.3 Å². The van der Waals surface area contributed by atoms with Crippen LogP contribution in [0.15, 0.2) is 66.7 Å². The summed E-state index contributed by atoms with van der Waals surface area (Å²) in [5.41, 5.74) is 8.73. The standard InChI is InChI=1S/C47H52ClN5O4/c1-31-37(7-5-10-42(31)55-20-6-17-53-18-15-47(2,3)16-19-53)38-8-4-9-40-39(38)12-13-43(40)57-45-25-44(56-30-34-22-32(26-49)21-33(23-34)27-50)35(24-41(45)48)28-51-36-11-14-46(54)52-29-36/h4-5,7-10,21-25,36,43,51H,6,11-20,28-30H2,1-3H3,(H,52,54)/t36-,43-/m0/s1. The number of hydrogen-bond acceptors (Lipinski definition) is 8. The Hall–Kier alpha value is -5.06. The SMILES string of the molecule is Cc1c(OCCCN2CCC(C)(C)CC2)cccc1-c1cccc2c1CC[C@@H]2Oc1cc(OCc2cc(C#N)cc(C#N)c2)c(CN[C@H]2CCC(=O)NC2)cc1Cl. The van der Waals surface area contributed by atoms with Gasteiger partial charge in [0, 0.05) is 43.7 Å². The quantitative estimate of drug-likeness (QED) is 0.122. The maximum atomic E-state index is 11.7. The number of carbonyl (C=O) groups excluding carboxylic acids is 1. The van der Waals surface area contributed by atoms with Crippen LogP contribution in [0.4, 0.5) is 0 Å². The van der Waals surface area contributed by atoms with E-state index >= 15 is 0 Å². The van der Waals surface area contributed by atoms with Crippen molar-refractivity contribution in [2.75, 3.05) is 32.8 Å². The molecule has 2 N–H and O–H groups in total. The molecule has 0 aromatic heterocycles. The number of piperidine rings is 2. The van der Waals surface area contributed by atoms with E-state index in [-0.39, 0.29) is 24.7 Å². The molecule has 10 heteroatoms. The molecule has 2 heterocycles. The summed E-state index contributed by atoms with van der Waals surface area (Å²) in [5, 5.41) is 26.0. The predicted molar refractivity (Wildman–Crippen MR) is 222 cm³/mol. The molecule has 2 atom stereocenters. The van der Waals surface area contributed by atoms with Crippen molar-refractivity contribution in [3.8, 4) is 40.5 Å². The van der Waals surface area contributed by atoms with Gasteiger partial charge in [-0.2, -0.15) is 10.5 Å². The Balaban J connectivity index is 1.07. The summed E-state index contributed by atoms with van der Waals surface area (Å²) >= 11 is 6.96. The van der Waals surface area contributed by atoms with Crippen LogP contribution in [0.3, 0.4) is 0 Å². The minimum Gasteiger partial charge on any atom is -0.493 e. The second-order valence-electron chi connectivity index (χ2n) is 16.4. The molecule has 2 saturated heterocycles. The summed E-state index contributed by atoms with van der Waals surface area (Å²) in [4.78, 5) is 14.3. The van der Waals surface area contributed by atoms with Crippen LogP contribution >= 0.6 is 11.6 Å². The second kappa shape index (κ2) is 18.0. The van der Waals surface area contributed by atoms with Crippen molar-refractivity contribution in [3.05, 3.63) is 111 Å². The van der Waals surface area contributed by atoms with E-state index in [1.807, 2.05) is 12.1 Å². The predicted octanol–water partition coefficient (Wildman–Crippen LogP) is 8.96. The molecule has 2 fully saturated rings. The number of ether oxygens (including phenoxy) is 3. The number of likely N-dealkylation sites (tertiary alicyclic amines) is 1. The fraction of sp³-hybridized carbons (Fsp3) is 0.426. The molecule has 57 heavy (non-hydrogen) atoms. The average Bonchev–Trinajstić information content (AvgIpc) is 3.63. The molecule has 9 nitrogen and oxygen atoms in total. The smallest absolute Gasteiger partial charge is 0.220 e. The molecular weight excluding hydrogens is 734 g/mol. The highest BCUT2D eigenvalue weighted by Gasteiger charge is 2.29. The molecule has 296 valence electrons. The molecule has 0 saturated carbocycles. The van der Waals surface area contributed by atoms with E-state index in [4.69, 9.17) is 25.8 Å². The highest BCUT2D eigenvalue weighted by atomic mass is 35.5. The van der Waals surface area contributed by atoms with Gasteiger partial charge in [0.25, 0.3) is 0 Å². The normalized spacial score (nSPS) is 18.9. The number of nitriles is 2. The summed E-state index contributed by atoms with van der Waals surface area (Å²) in [7, 11) is 0. The first-order valence-electron chi connectivity index (χ1n) is 20.2. The van der Waals surface area contributed by atoms with Gasteiger partial charge in [0.15, 0.2) is 0 Å². The number of carbonyl (C=O) groups is 1. The number of amides is 1. The molecule has 0 bridgehead atoms. The highest BCUT2D eigenvalue weighted by Crippen LogP contribution is 2.44. The lowest BCUT2D eigenvalue weighted by Crippen LogP contribution is -2.45. The van der Waals surface area contributed by atoms with Crippen LogP contribution in [-0.2, 0) is 24.4 Å². The van der Waals surface area contributed by atoms with Gasteiger partial charge >= 0.3 is 0 Å². The van der Waals surface area contributed by atoms with Crippen molar-refractivity contribution in [1.82, 2.24) is 15.5 Å². The van der Waals surface area contributed by atoms with Crippen LogP contribution in [0.25, 0.3) is 11.1 Å². The molecule has 2 aliphatic heterocycles. The van der Waals surface area contributed by atoms with Crippen LogP contribution < -0.4 is 24.8 Å². The fourth-order valence-corrected chi connectivity index (χ4v) is 8.46. The number of rotatable bonds is 14. The Labute approximate surface area is 341 Å². The van der Waals surface area contributed by atoms with Gasteiger partial charge in [-0.25, -0.2) is 0 Å². The lowest BCUT2D eigenvalue weighted by atomic mass is 9.83. The summed E-state index contributed by atoms with van der Waals surface area (Å²) < 4.78 is 19.5. The van der Waals surface area contributed by atoms with Gasteiger partial charge in [-0.05, 0) is 128 Å². The second-order valence-corrected chi connectivity index (χ2v) is 16.8. The van der Waals surface area contributed by atoms with E-state index in [0.29, 0.717) is 64.7 Å². The van der Waals surface area contributed by atoms with E-state index in [0.717, 1.165) is 54.7 Å². The van der Waals surface area contributed by atoms with E-state index < -0.39 is 0 Å². The van der Waals surface area contributed by atoms with Crippen molar-refractivity contribution in [2.45, 2.75) is 91.0 Å². The molecule has 1 aliphatic carbocycles. The maximum Gasteiger partial charge on any atom is 0.220 e. The lowest BCUT2D eigenvalue weighted by molar-refractivity contribution is -0.122. The number of nitrogens with zero attached hydrogens (tertiary/aromatic N) is 3. The number of nitrogens with one attached hydrogen (secondary N) is 2. The zero-order valence-electron chi connectivity index (χ0n) is 33.3. The maximum absolute atomic E-state index is 11.7. The first kappa shape index (κ1) is 40.1. The van der Waals surface area contributed by atoms with Crippen molar-refractivity contribution in [1.29, 1.82) is 10.5 Å². The van der Waals surface area contributed by atoms with Crippen molar-refractivity contribution in [3.63, 3.8) is 0 Å². The van der Waals surface area contributed by atoms with Crippen LogP contribution in [-0.4, -0.2) is 49.6 Å². The minimum atomic E-state index is -0.203. The van der Waals surface area contributed by atoms with Gasteiger partial charge in [0.1, 0.15) is 30.0 Å². The fourth-order valence-electron chi connectivity index (χ4n) is 8.22. The van der Waals surface area contributed by atoms with Crippen LogP contribution in [0.2, 0.25) is 5.02 Å². The Morgan fingerprint density at radius 1 is 0.912 bits per heavy atom. The highest BCUT2D eigenvalue weighted by molar-refractivity contribution is 6.32. The van der Waals surface area contributed by atoms with Gasteiger partial charge in [0.2, 0.25) is 5.91 Å². The molecular formula is C47H52ClN5O4. The monoisotopic (exact) mass is 785 g/mol. The summed E-state index contributed by atoms with van der Waals surface area (Å²) in [5.74, 6) is 2.10. The minimum absolute atomic E-state index is 0.0644. The molecule has 0 unspecified atom stereocenters. The molecule has 0 spiro atoms. The average molecular weight is 786 g/mol. The Bertz CT molecular complexity index is 2140. The third-order valence-corrected chi connectivity index (χ3v) is 12.0. The molecule has 1 amide bonds. The zero-order chi connectivity index (χ0) is 39.9. The topological polar surface area (TPSA) is 120 Å². The third-order valence-electron chi connectivity index (χ3n) is 11.8. The van der Waals surface area contributed by atoms with Gasteiger partial charge in [0.05, 0.1) is 34.9 Å². The first-order chi connectivity index (χ1) is 27.6. The van der Waals surface area contributed by atoms with Crippen molar-refractivity contribution < 1.29 is 19.0 Å². The van der Waals surface area contributed by atoms with E-state index in [1.54, 1.807) is 18.2 Å². The molecule has 0 radical (unpaired) electrons. The molecule has 4 aromatic rings. The number of halogens is 1. The van der Waals surface area contributed by atoms with Crippen LogP contribution in [0, 0.1) is 35.0 Å². The Morgan fingerprint density at radius 3 is 2.40 bits per heavy atom. The van der Waals surface area contributed by atoms with Gasteiger partial charge in [-0.3, -0.25) is 4.79 Å². The Kier molecular flexibility index (Phi) is 12.7. The molecule has 4 aromatic carbocycles. The van der Waals surface area contributed by atoms with Crippen LogP contribution in [0.5, 0.6) is 17.2 Å². The van der Waals surface area contributed by atoms with Gasteiger partial charge in [-0.15, -0.1) is 0 Å². The summed E-state index contributed by atoms with van der Waals surface area (Å²) in [6, 6.07) is 25.9.